The molecule has 1 aromatic rings. The lowest BCUT2D eigenvalue weighted by molar-refractivity contribution is 0.0595. The largest absolute Gasteiger partial charge is 0.464 e. The summed E-state index contributed by atoms with van der Waals surface area (Å²) >= 11 is 0. The molecule has 0 spiro atoms. The fourth-order valence-electron chi connectivity index (χ4n) is 1.13. The monoisotopic (exact) mass is 274 g/mol. The minimum absolute atomic E-state index is 0.183. The molecule has 0 aliphatic heterocycles. The van der Waals surface area contributed by atoms with Gasteiger partial charge in [0.2, 0.25) is 0 Å². The van der Waals surface area contributed by atoms with Gasteiger partial charge in [-0.15, -0.1) is 0 Å². The Kier molecular flexibility index (Phi) is 4.56. The van der Waals surface area contributed by atoms with Gasteiger partial charge in [-0.1, -0.05) is 0 Å². The summed E-state index contributed by atoms with van der Waals surface area (Å²) in [6, 6.07) is -0.291. The summed E-state index contributed by atoms with van der Waals surface area (Å²) < 4.78 is 32.2. The summed E-state index contributed by atoms with van der Waals surface area (Å²) in [4.78, 5) is 18.8. The highest BCUT2D eigenvalue weighted by molar-refractivity contribution is 7.90. The third kappa shape index (κ3) is 3.93. The van der Waals surface area contributed by atoms with Gasteiger partial charge in [0.1, 0.15) is 0 Å². The molecule has 0 radical (unpaired) electrons. The van der Waals surface area contributed by atoms with E-state index >= 15 is 0 Å². The highest BCUT2D eigenvalue weighted by Crippen LogP contribution is 2.10. The molecule has 0 aliphatic carbocycles. The minimum Gasteiger partial charge on any atom is -0.464 e. The number of aromatic nitrogens is 2. The molecule has 0 fully saturated rings. The zero-order valence-corrected chi connectivity index (χ0v) is 11.0. The fraction of sp³-hybridized carbons (Fsp3) is 0.444. The predicted octanol–water partition coefficient (Wildman–Crippen LogP) is -0.0821. The Morgan fingerprint density at radius 1 is 1.33 bits per heavy atom. The van der Waals surface area contributed by atoms with E-state index in [1.165, 1.54) is 19.5 Å². The molecule has 2 N–H and O–H groups in total. The van der Waals surface area contributed by atoms with Crippen LogP contribution >= 0.6 is 0 Å². The molecular weight excluding hydrogens is 260 g/mol. The Bertz CT molecular complexity index is 529. The van der Waals surface area contributed by atoms with E-state index in [0.29, 0.717) is 0 Å². The van der Waals surface area contributed by atoms with E-state index in [2.05, 4.69) is 24.1 Å². The van der Waals surface area contributed by atoms with E-state index in [1.54, 1.807) is 13.8 Å². The summed E-state index contributed by atoms with van der Waals surface area (Å²) in [7, 11) is -2.64. The van der Waals surface area contributed by atoms with Gasteiger partial charge in [0.05, 0.1) is 7.11 Å². The van der Waals surface area contributed by atoms with Gasteiger partial charge in [-0.25, -0.2) is 14.8 Å². The van der Waals surface area contributed by atoms with Crippen LogP contribution in [0.5, 0.6) is 0 Å². The van der Waals surface area contributed by atoms with E-state index < -0.39 is 16.2 Å². The topological polar surface area (TPSA) is 110 Å². The second-order valence-corrected chi connectivity index (χ2v) is 5.07. The van der Waals surface area contributed by atoms with Gasteiger partial charge in [-0.2, -0.15) is 13.1 Å². The van der Waals surface area contributed by atoms with Crippen LogP contribution < -0.4 is 9.44 Å². The Morgan fingerprint density at radius 2 is 1.94 bits per heavy atom. The number of nitrogens with zero attached hydrogens (tertiary/aromatic N) is 2. The lowest BCUT2D eigenvalue weighted by Gasteiger charge is -2.12. The summed E-state index contributed by atoms with van der Waals surface area (Å²) in [6.07, 6.45) is 2.53. The molecule has 100 valence electrons. The molecule has 0 unspecified atom stereocenters. The molecule has 18 heavy (non-hydrogen) atoms. The maximum absolute atomic E-state index is 11.6. The molecule has 1 rings (SSSR count). The second-order valence-electron chi connectivity index (χ2n) is 3.62. The third-order valence-corrected chi connectivity index (χ3v) is 2.94. The van der Waals surface area contributed by atoms with Gasteiger partial charge < -0.3 is 4.74 Å². The number of esters is 1. The van der Waals surface area contributed by atoms with Crippen LogP contribution in [0.2, 0.25) is 0 Å². The fourth-order valence-corrected chi connectivity index (χ4v) is 2.21. The molecule has 0 aromatic carbocycles. The second kappa shape index (κ2) is 5.74. The van der Waals surface area contributed by atoms with Crippen molar-refractivity contribution in [2.45, 2.75) is 19.9 Å². The molecule has 0 atom stereocenters. The van der Waals surface area contributed by atoms with Crippen LogP contribution in [0.15, 0.2) is 12.4 Å². The van der Waals surface area contributed by atoms with Crippen molar-refractivity contribution in [2.75, 3.05) is 11.8 Å². The normalized spacial score (nSPS) is 11.3. The molecule has 0 aliphatic rings. The first kappa shape index (κ1) is 14.3. The number of methoxy groups -OCH3 is 1. The highest BCUT2D eigenvalue weighted by Gasteiger charge is 2.19. The number of rotatable bonds is 5. The van der Waals surface area contributed by atoms with Gasteiger partial charge >= 0.3 is 16.2 Å². The SMILES string of the molecule is COC(=O)c1nccnc1NS(=O)(=O)NC(C)C. The third-order valence-electron chi connectivity index (χ3n) is 1.70. The molecule has 9 heteroatoms. The number of nitrogens with one attached hydrogen (secondary N) is 2. The van der Waals surface area contributed by atoms with Crippen molar-refractivity contribution in [1.29, 1.82) is 0 Å². The van der Waals surface area contributed by atoms with Crippen LogP contribution in [0.1, 0.15) is 24.3 Å². The summed E-state index contributed by atoms with van der Waals surface area (Å²) in [5, 5.41) is 0. The van der Waals surface area contributed by atoms with Crippen molar-refractivity contribution >= 4 is 22.0 Å². The van der Waals surface area contributed by atoms with Crippen molar-refractivity contribution in [2.24, 2.45) is 0 Å². The number of ether oxygens (including phenoxy) is 1. The van der Waals surface area contributed by atoms with Crippen LogP contribution in [0.4, 0.5) is 5.82 Å². The molecule has 0 saturated heterocycles. The van der Waals surface area contributed by atoms with E-state index in [-0.39, 0.29) is 17.6 Å². The number of carbonyl (C=O) groups is 1. The zero-order chi connectivity index (χ0) is 13.8. The van der Waals surface area contributed by atoms with Crippen LogP contribution in [-0.4, -0.2) is 37.5 Å². The van der Waals surface area contributed by atoms with Gasteiger partial charge in [0, 0.05) is 18.4 Å². The number of carbonyl (C=O) groups excluding carboxylic acids is 1. The lowest BCUT2D eigenvalue weighted by Crippen LogP contribution is -2.36. The van der Waals surface area contributed by atoms with Crippen molar-refractivity contribution in [3.8, 4) is 0 Å². The summed E-state index contributed by atoms with van der Waals surface area (Å²) in [5.74, 6) is -0.956. The first-order valence-electron chi connectivity index (χ1n) is 5.05. The van der Waals surface area contributed by atoms with E-state index in [1.807, 2.05) is 0 Å². The van der Waals surface area contributed by atoms with E-state index in [4.69, 9.17) is 0 Å². The lowest BCUT2D eigenvalue weighted by atomic mass is 10.4. The quantitative estimate of drug-likeness (QED) is 0.726. The maximum Gasteiger partial charge on any atom is 0.360 e. The molecule has 0 saturated carbocycles. The predicted molar refractivity (Wildman–Crippen MR) is 64.2 cm³/mol. The average molecular weight is 274 g/mol. The maximum atomic E-state index is 11.6. The molecule has 1 aromatic heterocycles. The molecular formula is C9H14N4O4S. The Hall–Kier alpha value is -1.74. The van der Waals surface area contributed by atoms with Crippen LogP contribution in [0.3, 0.4) is 0 Å². The van der Waals surface area contributed by atoms with Crippen molar-refractivity contribution in [3.63, 3.8) is 0 Å². The molecule has 8 nitrogen and oxygen atoms in total. The first-order chi connectivity index (χ1) is 8.35. The molecule has 1 heterocycles. The Labute approximate surface area is 105 Å². The van der Waals surface area contributed by atoms with Gasteiger partial charge in [-0.05, 0) is 13.8 Å². The van der Waals surface area contributed by atoms with Gasteiger partial charge in [0.25, 0.3) is 0 Å². The van der Waals surface area contributed by atoms with E-state index in [9.17, 15) is 13.2 Å². The number of hydrogen-bond donors (Lipinski definition) is 2. The highest BCUT2D eigenvalue weighted by atomic mass is 32.2. The smallest absolute Gasteiger partial charge is 0.360 e. The van der Waals surface area contributed by atoms with Crippen molar-refractivity contribution in [3.05, 3.63) is 18.1 Å². The molecule has 0 amide bonds. The summed E-state index contributed by atoms with van der Waals surface area (Å²) in [5.41, 5.74) is -0.200. The average Bonchev–Trinajstić information content (AvgIpc) is 2.26. The van der Waals surface area contributed by atoms with Crippen molar-refractivity contribution in [1.82, 2.24) is 14.7 Å². The van der Waals surface area contributed by atoms with Crippen LogP contribution in [0.25, 0.3) is 0 Å². The van der Waals surface area contributed by atoms with Gasteiger partial charge in [-0.3, -0.25) is 4.72 Å². The summed E-state index contributed by atoms with van der Waals surface area (Å²) in [6.45, 7) is 3.33. The Morgan fingerprint density at radius 3 is 2.50 bits per heavy atom. The van der Waals surface area contributed by atoms with Crippen molar-refractivity contribution < 1.29 is 17.9 Å². The number of anilines is 1. The van der Waals surface area contributed by atoms with Crippen LogP contribution in [-0.2, 0) is 14.9 Å². The first-order valence-corrected chi connectivity index (χ1v) is 6.53. The molecule has 0 bridgehead atoms. The van der Waals surface area contributed by atoms with Gasteiger partial charge in [0.15, 0.2) is 11.5 Å². The Balaban J connectivity index is 3.01. The number of hydrogen-bond acceptors (Lipinski definition) is 6. The van der Waals surface area contributed by atoms with Crippen LogP contribution in [0, 0.1) is 0 Å². The van der Waals surface area contributed by atoms with E-state index in [0.717, 1.165) is 0 Å². The zero-order valence-electron chi connectivity index (χ0n) is 10.2. The standard InChI is InChI=1S/C9H14N4O4S/c1-6(2)12-18(15,16)13-8-7(9(14)17-3)10-4-5-11-8/h4-6,12H,1-3H3,(H,11,13). The minimum atomic E-state index is -3.81.